The summed E-state index contributed by atoms with van der Waals surface area (Å²) in [5.41, 5.74) is 4.16. The Balaban J connectivity index is 1.40. The van der Waals surface area contributed by atoms with Crippen LogP contribution in [0.2, 0.25) is 0 Å². The molecule has 0 amide bonds. The van der Waals surface area contributed by atoms with Gasteiger partial charge in [-0.1, -0.05) is 13.0 Å². The third-order valence-corrected chi connectivity index (χ3v) is 5.61. The first-order valence-electron chi connectivity index (χ1n) is 11.5. The number of aromatic nitrogens is 5. The van der Waals surface area contributed by atoms with Gasteiger partial charge < -0.3 is 18.8 Å². The predicted octanol–water partition coefficient (Wildman–Crippen LogP) is 3.33. The van der Waals surface area contributed by atoms with Crippen LogP contribution in [0.5, 0.6) is 5.88 Å². The van der Waals surface area contributed by atoms with Crippen molar-refractivity contribution >= 4 is 11.5 Å². The normalized spacial score (nSPS) is 14.0. The van der Waals surface area contributed by atoms with E-state index in [1.54, 1.807) is 0 Å². The van der Waals surface area contributed by atoms with Crippen LogP contribution in [0, 0.1) is 0 Å². The number of morpholine rings is 1. The molecule has 0 N–H and O–H groups in total. The second-order valence-electron chi connectivity index (χ2n) is 8.17. The Morgan fingerprint density at radius 1 is 0.970 bits per heavy atom. The molecule has 33 heavy (non-hydrogen) atoms. The molecule has 0 unspecified atom stereocenters. The van der Waals surface area contributed by atoms with Gasteiger partial charge in [-0.25, -0.2) is 19.9 Å². The highest BCUT2D eigenvalue weighted by molar-refractivity contribution is 5.45. The van der Waals surface area contributed by atoms with Gasteiger partial charge in [0.15, 0.2) is 0 Å². The number of imidazole rings is 1. The van der Waals surface area contributed by atoms with Crippen molar-refractivity contribution in [2.75, 3.05) is 37.8 Å². The summed E-state index contributed by atoms with van der Waals surface area (Å²) in [4.78, 5) is 20.9. The van der Waals surface area contributed by atoms with Crippen molar-refractivity contribution in [3.05, 3.63) is 77.8 Å². The molecule has 5 heterocycles. The van der Waals surface area contributed by atoms with Gasteiger partial charge in [-0.2, -0.15) is 0 Å². The zero-order valence-electron chi connectivity index (χ0n) is 18.9. The second kappa shape index (κ2) is 9.95. The zero-order valence-corrected chi connectivity index (χ0v) is 18.9. The van der Waals surface area contributed by atoms with E-state index < -0.39 is 0 Å². The zero-order chi connectivity index (χ0) is 22.5. The van der Waals surface area contributed by atoms with Gasteiger partial charge in [0, 0.05) is 62.9 Å². The monoisotopic (exact) mass is 444 g/mol. The van der Waals surface area contributed by atoms with Crippen molar-refractivity contribution in [3.8, 4) is 5.88 Å². The molecule has 1 fully saturated rings. The maximum Gasteiger partial charge on any atom is 0.213 e. The van der Waals surface area contributed by atoms with Crippen LogP contribution in [-0.2, 0) is 17.6 Å². The fourth-order valence-corrected chi connectivity index (χ4v) is 3.92. The molecule has 0 spiro atoms. The van der Waals surface area contributed by atoms with Crippen LogP contribution in [0.3, 0.4) is 0 Å². The average molecular weight is 445 g/mol. The van der Waals surface area contributed by atoms with E-state index in [-0.39, 0.29) is 0 Å². The van der Waals surface area contributed by atoms with Crippen LogP contribution in [0.25, 0.3) is 5.65 Å². The highest BCUT2D eigenvalue weighted by Gasteiger charge is 2.16. The van der Waals surface area contributed by atoms with Crippen LogP contribution in [0.4, 0.5) is 5.82 Å². The first kappa shape index (κ1) is 21.3. The van der Waals surface area contributed by atoms with Crippen LogP contribution < -0.4 is 9.64 Å². The van der Waals surface area contributed by atoms with E-state index in [1.165, 1.54) is 5.56 Å². The van der Waals surface area contributed by atoms with E-state index in [0.717, 1.165) is 54.5 Å². The standard InChI is InChI=1S/C25H28N6O2/c1-2-11-33-25-4-3-20(18-27-25)15-22-28-21(17-24(29-22)31-9-12-32-13-10-31)14-19-5-7-30-8-6-26-23(30)16-19/h3-8,16-18H,2,9-15H2,1H3. The largest absolute Gasteiger partial charge is 0.478 e. The molecule has 1 aliphatic heterocycles. The van der Waals surface area contributed by atoms with Crippen LogP contribution >= 0.6 is 0 Å². The van der Waals surface area contributed by atoms with E-state index >= 15 is 0 Å². The van der Waals surface area contributed by atoms with Gasteiger partial charge in [-0.15, -0.1) is 0 Å². The summed E-state index contributed by atoms with van der Waals surface area (Å²) in [5, 5.41) is 0. The molecule has 4 aromatic heterocycles. The first-order chi connectivity index (χ1) is 16.3. The summed E-state index contributed by atoms with van der Waals surface area (Å²) in [6.07, 6.45) is 9.94. The van der Waals surface area contributed by atoms with Crippen molar-refractivity contribution < 1.29 is 9.47 Å². The molecule has 0 atom stereocenters. The maximum atomic E-state index is 5.60. The molecule has 8 nitrogen and oxygen atoms in total. The summed E-state index contributed by atoms with van der Waals surface area (Å²) in [6, 6.07) is 10.3. The maximum absolute atomic E-state index is 5.60. The minimum Gasteiger partial charge on any atom is -0.478 e. The molecule has 0 aromatic carbocycles. The van der Waals surface area contributed by atoms with Crippen molar-refractivity contribution in [3.63, 3.8) is 0 Å². The number of rotatable bonds is 8. The molecule has 0 bridgehead atoms. The molecular weight excluding hydrogens is 416 g/mol. The molecule has 0 radical (unpaired) electrons. The van der Waals surface area contributed by atoms with Crippen molar-refractivity contribution in [1.29, 1.82) is 0 Å². The van der Waals surface area contributed by atoms with Crippen molar-refractivity contribution in [2.24, 2.45) is 0 Å². The third-order valence-electron chi connectivity index (χ3n) is 5.61. The Bertz CT molecular complexity index is 1200. The Kier molecular flexibility index (Phi) is 6.44. The third kappa shape index (κ3) is 5.28. The van der Waals surface area contributed by atoms with E-state index in [2.05, 4.69) is 40.0 Å². The highest BCUT2D eigenvalue weighted by Crippen LogP contribution is 2.19. The van der Waals surface area contributed by atoms with Crippen LogP contribution in [-0.4, -0.2) is 57.2 Å². The van der Waals surface area contributed by atoms with Crippen LogP contribution in [0.15, 0.2) is 55.1 Å². The highest BCUT2D eigenvalue weighted by atomic mass is 16.5. The number of ether oxygens (including phenoxy) is 2. The fraction of sp³-hybridized carbons (Fsp3) is 0.360. The quantitative estimate of drug-likeness (QED) is 0.413. The lowest BCUT2D eigenvalue weighted by atomic mass is 10.1. The predicted molar refractivity (Wildman–Crippen MR) is 126 cm³/mol. The summed E-state index contributed by atoms with van der Waals surface area (Å²) < 4.78 is 13.1. The minimum absolute atomic E-state index is 0.617. The molecule has 0 saturated carbocycles. The lowest BCUT2D eigenvalue weighted by Crippen LogP contribution is -2.37. The molecule has 5 rings (SSSR count). The first-order valence-corrected chi connectivity index (χ1v) is 11.5. The molecule has 8 heteroatoms. The Labute approximate surface area is 193 Å². The van der Waals surface area contributed by atoms with Gasteiger partial charge in [0.25, 0.3) is 0 Å². The number of hydrogen-bond acceptors (Lipinski definition) is 7. The summed E-state index contributed by atoms with van der Waals surface area (Å²) in [6.45, 7) is 5.85. The molecule has 1 saturated heterocycles. The van der Waals surface area contributed by atoms with Gasteiger partial charge in [0.05, 0.1) is 25.5 Å². The van der Waals surface area contributed by atoms with E-state index in [4.69, 9.17) is 19.4 Å². The topological polar surface area (TPSA) is 77.7 Å². The molecule has 4 aromatic rings. The van der Waals surface area contributed by atoms with Crippen LogP contribution in [0.1, 0.15) is 36.0 Å². The SMILES string of the molecule is CCCOc1ccc(Cc2nc(Cc3ccn4ccnc4c3)cc(N3CCOCC3)n2)cn1. The lowest BCUT2D eigenvalue weighted by molar-refractivity contribution is 0.122. The summed E-state index contributed by atoms with van der Waals surface area (Å²) in [7, 11) is 0. The van der Waals surface area contributed by atoms with Gasteiger partial charge in [-0.3, -0.25) is 0 Å². The Morgan fingerprint density at radius 3 is 2.70 bits per heavy atom. The number of hydrogen-bond donors (Lipinski definition) is 0. The molecule has 1 aliphatic rings. The lowest BCUT2D eigenvalue weighted by Gasteiger charge is -2.28. The van der Waals surface area contributed by atoms with Gasteiger partial charge in [0.1, 0.15) is 17.3 Å². The van der Waals surface area contributed by atoms with Gasteiger partial charge >= 0.3 is 0 Å². The van der Waals surface area contributed by atoms with Crippen molar-refractivity contribution in [2.45, 2.75) is 26.2 Å². The molecular formula is C25H28N6O2. The molecule has 0 aliphatic carbocycles. The Hall–Kier alpha value is -3.52. The Morgan fingerprint density at radius 2 is 1.88 bits per heavy atom. The smallest absolute Gasteiger partial charge is 0.213 e. The number of fused-ring (bicyclic) bond motifs is 1. The second-order valence-corrected chi connectivity index (χ2v) is 8.17. The summed E-state index contributed by atoms with van der Waals surface area (Å²) in [5.74, 6) is 2.40. The van der Waals surface area contributed by atoms with E-state index in [1.807, 2.05) is 41.3 Å². The minimum atomic E-state index is 0.617. The van der Waals surface area contributed by atoms with E-state index in [9.17, 15) is 0 Å². The number of pyridine rings is 2. The molecule has 170 valence electrons. The number of anilines is 1. The van der Waals surface area contributed by atoms with Gasteiger partial charge in [-0.05, 0) is 29.7 Å². The summed E-state index contributed by atoms with van der Waals surface area (Å²) >= 11 is 0. The van der Waals surface area contributed by atoms with Gasteiger partial charge in [0.2, 0.25) is 5.88 Å². The van der Waals surface area contributed by atoms with Crippen molar-refractivity contribution in [1.82, 2.24) is 24.3 Å². The average Bonchev–Trinajstić information content (AvgIpc) is 3.32. The number of nitrogens with zero attached hydrogens (tertiary/aromatic N) is 6. The fourth-order valence-electron chi connectivity index (χ4n) is 3.92. The van der Waals surface area contributed by atoms with E-state index in [0.29, 0.717) is 32.1 Å².